The molecule has 0 aliphatic heterocycles. The Balaban J connectivity index is 2.88. The second-order valence-electron chi connectivity index (χ2n) is 3.40. The molecule has 15 heavy (non-hydrogen) atoms. The van der Waals surface area contributed by atoms with Crippen molar-refractivity contribution in [2.24, 2.45) is 5.92 Å². The van der Waals surface area contributed by atoms with E-state index in [0.717, 1.165) is 10.5 Å². The van der Waals surface area contributed by atoms with Gasteiger partial charge in [0.15, 0.2) is 0 Å². The van der Waals surface area contributed by atoms with E-state index in [9.17, 15) is 4.79 Å². The number of carbonyl (C=O) groups is 1. The third kappa shape index (κ3) is 3.43. The summed E-state index contributed by atoms with van der Waals surface area (Å²) in [4.78, 5) is 11.8. The zero-order valence-electron chi connectivity index (χ0n) is 8.66. The van der Waals surface area contributed by atoms with E-state index < -0.39 is 11.9 Å². The molecular weight excluding hydrogens is 232 g/mol. The molecular formula is C11H13ClO2S. The fourth-order valence-corrected chi connectivity index (χ4v) is 1.91. The molecule has 1 rings (SSSR count). The number of carboxylic acids is 1. The number of hydrogen-bond acceptors (Lipinski definition) is 2. The minimum atomic E-state index is -0.791. The lowest BCUT2D eigenvalue weighted by molar-refractivity contribution is -0.141. The zero-order chi connectivity index (χ0) is 11.4. The highest BCUT2D eigenvalue weighted by Gasteiger charge is 2.13. The maximum Gasteiger partial charge on any atom is 0.306 e. The van der Waals surface area contributed by atoms with Crippen LogP contribution in [0.5, 0.6) is 0 Å². The van der Waals surface area contributed by atoms with E-state index in [2.05, 4.69) is 0 Å². The number of halogens is 1. The van der Waals surface area contributed by atoms with Crippen molar-refractivity contribution in [3.05, 3.63) is 28.8 Å². The van der Waals surface area contributed by atoms with Crippen molar-refractivity contribution in [3.8, 4) is 0 Å². The second-order valence-corrected chi connectivity index (χ2v) is 4.69. The van der Waals surface area contributed by atoms with Gasteiger partial charge in [0.2, 0.25) is 0 Å². The number of rotatable bonds is 4. The van der Waals surface area contributed by atoms with Crippen molar-refractivity contribution >= 4 is 29.3 Å². The Labute approximate surface area is 98.6 Å². The molecule has 0 aliphatic rings. The highest BCUT2D eigenvalue weighted by atomic mass is 35.5. The highest BCUT2D eigenvalue weighted by Crippen LogP contribution is 2.25. The van der Waals surface area contributed by atoms with E-state index in [4.69, 9.17) is 16.7 Å². The molecule has 0 radical (unpaired) electrons. The molecule has 0 saturated heterocycles. The Kier molecular flexibility index (Phi) is 4.48. The molecule has 0 aromatic heterocycles. The highest BCUT2D eigenvalue weighted by molar-refractivity contribution is 7.98. The molecule has 0 fully saturated rings. The quantitative estimate of drug-likeness (QED) is 0.826. The Morgan fingerprint density at radius 1 is 1.60 bits per heavy atom. The molecule has 0 heterocycles. The average Bonchev–Trinajstić information content (AvgIpc) is 2.21. The Hall–Kier alpha value is -0.670. The lowest BCUT2D eigenvalue weighted by atomic mass is 10.0. The fraction of sp³-hybridized carbons (Fsp3) is 0.364. The second kappa shape index (κ2) is 5.42. The molecule has 0 amide bonds. The Morgan fingerprint density at radius 2 is 2.27 bits per heavy atom. The van der Waals surface area contributed by atoms with Gasteiger partial charge in [-0.15, -0.1) is 11.8 Å². The summed E-state index contributed by atoms with van der Waals surface area (Å²) in [6, 6.07) is 5.70. The molecule has 82 valence electrons. The van der Waals surface area contributed by atoms with Crippen LogP contribution in [-0.4, -0.2) is 17.3 Å². The molecule has 0 bridgehead atoms. The summed E-state index contributed by atoms with van der Waals surface area (Å²) >= 11 is 7.62. The summed E-state index contributed by atoms with van der Waals surface area (Å²) in [6.45, 7) is 1.68. The first-order valence-electron chi connectivity index (χ1n) is 4.59. The van der Waals surface area contributed by atoms with Gasteiger partial charge in [0.25, 0.3) is 0 Å². The molecule has 1 N–H and O–H groups in total. The summed E-state index contributed by atoms with van der Waals surface area (Å²) in [5.74, 6) is -1.19. The molecule has 1 aromatic carbocycles. The van der Waals surface area contributed by atoms with E-state index in [1.54, 1.807) is 18.7 Å². The summed E-state index contributed by atoms with van der Waals surface area (Å²) < 4.78 is 0. The summed E-state index contributed by atoms with van der Waals surface area (Å²) in [6.07, 6.45) is 2.45. The third-order valence-electron chi connectivity index (χ3n) is 2.20. The Morgan fingerprint density at radius 3 is 2.80 bits per heavy atom. The Bertz CT molecular complexity index is 366. The molecule has 1 unspecified atom stereocenters. The lowest BCUT2D eigenvalue weighted by Gasteiger charge is -2.09. The van der Waals surface area contributed by atoms with Gasteiger partial charge in [-0.25, -0.2) is 0 Å². The number of carboxylic acid groups (broad SMARTS) is 1. The van der Waals surface area contributed by atoms with Crippen molar-refractivity contribution in [2.45, 2.75) is 18.2 Å². The topological polar surface area (TPSA) is 37.3 Å². The van der Waals surface area contributed by atoms with E-state index >= 15 is 0 Å². The molecule has 2 nitrogen and oxygen atoms in total. The molecule has 1 atom stereocenters. The SMILES string of the molecule is CSc1ccc(Cl)c(CC(C)C(=O)O)c1. The largest absolute Gasteiger partial charge is 0.481 e. The van der Waals surface area contributed by atoms with Crippen molar-refractivity contribution in [1.82, 2.24) is 0 Å². The van der Waals surface area contributed by atoms with Gasteiger partial charge < -0.3 is 5.11 Å². The van der Waals surface area contributed by atoms with E-state index in [1.807, 2.05) is 24.5 Å². The summed E-state index contributed by atoms with van der Waals surface area (Å²) in [5, 5.41) is 9.45. The van der Waals surface area contributed by atoms with Crippen LogP contribution in [0.15, 0.2) is 23.1 Å². The predicted molar refractivity (Wildman–Crippen MR) is 63.7 cm³/mol. The molecule has 4 heteroatoms. The van der Waals surface area contributed by atoms with Crippen molar-refractivity contribution in [2.75, 3.05) is 6.26 Å². The normalized spacial score (nSPS) is 12.5. The maximum absolute atomic E-state index is 10.7. The molecule has 0 spiro atoms. The fourth-order valence-electron chi connectivity index (χ4n) is 1.25. The van der Waals surface area contributed by atoms with Crippen LogP contribution >= 0.6 is 23.4 Å². The van der Waals surface area contributed by atoms with Gasteiger partial charge in [-0.05, 0) is 36.4 Å². The van der Waals surface area contributed by atoms with Gasteiger partial charge in [-0.3, -0.25) is 4.79 Å². The van der Waals surface area contributed by atoms with Crippen LogP contribution < -0.4 is 0 Å². The number of thioether (sulfide) groups is 1. The number of hydrogen-bond donors (Lipinski definition) is 1. The summed E-state index contributed by atoms with van der Waals surface area (Å²) in [5.41, 5.74) is 0.901. The maximum atomic E-state index is 10.7. The number of benzene rings is 1. The third-order valence-corrected chi connectivity index (χ3v) is 3.29. The smallest absolute Gasteiger partial charge is 0.306 e. The van der Waals surface area contributed by atoms with Crippen molar-refractivity contribution in [1.29, 1.82) is 0 Å². The van der Waals surface area contributed by atoms with Gasteiger partial charge in [0.05, 0.1) is 5.92 Å². The van der Waals surface area contributed by atoms with Gasteiger partial charge in [-0.2, -0.15) is 0 Å². The zero-order valence-corrected chi connectivity index (χ0v) is 10.2. The molecule has 0 aliphatic carbocycles. The van der Waals surface area contributed by atoms with Crippen LogP contribution in [0, 0.1) is 5.92 Å². The minimum absolute atomic E-state index is 0.403. The van der Waals surface area contributed by atoms with Crippen LogP contribution in [0.25, 0.3) is 0 Å². The van der Waals surface area contributed by atoms with Gasteiger partial charge in [0.1, 0.15) is 0 Å². The van der Waals surface area contributed by atoms with Crippen LogP contribution in [0.3, 0.4) is 0 Å². The average molecular weight is 245 g/mol. The first kappa shape index (κ1) is 12.4. The monoisotopic (exact) mass is 244 g/mol. The minimum Gasteiger partial charge on any atom is -0.481 e. The standard InChI is InChI=1S/C11H13ClO2S/c1-7(11(13)14)5-8-6-9(15-2)3-4-10(8)12/h3-4,6-7H,5H2,1-2H3,(H,13,14). The van der Waals surface area contributed by atoms with Crippen molar-refractivity contribution in [3.63, 3.8) is 0 Å². The lowest BCUT2D eigenvalue weighted by Crippen LogP contribution is -2.12. The van der Waals surface area contributed by atoms with E-state index in [1.165, 1.54) is 0 Å². The van der Waals surface area contributed by atoms with Crippen LogP contribution in [0.4, 0.5) is 0 Å². The number of aliphatic carboxylic acids is 1. The van der Waals surface area contributed by atoms with Crippen LogP contribution in [-0.2, 0) is 11.2 Å². The molecule has 0 saturated carbocycles. The van der Waals surface area contributed by atoms with Crippen molar-refractivity contribution < 1.29 is 9.90 Å². The van der Waals surface area contributed by atoms with Crippen LogP contribution in [0.1, 0.15) is 12.5 Å². The molecule has 1 aromatic rings. The van der Waals surface area contributed by atoms with Gasteiger partial charge in [0, 0.05) is 9.92 Å². The van der Waals surface area contributed by atoms with E-state index in [-0.39, 0.29) is 0 Å². The summed E-state index contributed by atoms with van der Waals surface area (Å²) in [7, 11) is 0. The van der Waals surface area contributed by atoms with Gasteiger partial charge >= 0.3 is 5.97 Å². The van der Waals surface area contributed by atoms with Crippen LogP contribution in [0.2, 0.25) is 5.02 Å². The first-order chi connectivity index (χ1) is 7.04. The first-order valence-corrected chi connectivity index (χ1v) is 6.20. The van der Waals surface area contributed by atoms with Gasteiger partial charge in [-0.1, -0.05) is 18.5 Å². The van der Waals surface area contributed by atoms with E-state index in [0.29, 0.717) is 11.4 Å². The predicted octanol–water partition coefficient (Wildman–Crippen LogP) is 3.33.